The molecule has 0 saturated carbocycles. The maximum Gasteiger partial charge on any atom is 0.329 e. The van der Waals surface area contributed by atoms with E-state index in [2.05, 4.69) is 0 Å². The summed E-state index contributed by atoms with van der Waals surface area (Å²) in [5, 5.41) is 9.23. The lowest BCUT2D eigenvalue weighted by molar-refractivity contribution is -0.159. The number of carbonyl (C=O) groups excluding carboxylic acids is 1. The summed E-state index contributed by atoms with van der Waals surface area (Å²) >= 11 is 0. The quantitative estimate of drug-likeness (QED) is 0.810. The van der Waals surface area contributed by atoms with E-state index in [1.54, 1.807) is 20.8 Å². The minimum Gasteiger partial charge on any atom is -0.480 e. The number of amides is 1. The summed E-state index contributed by atoms with van der Waals surface area (Å²) in [5.74, 6) is -1.28. The highest BCUT2D eigenvalue weighted by Crippen LogP contribution is 2.28. The molecule has 0 radical (unpaired) electrons. The van der Waals surface area contributed by atoms with E-state index in [1.165, 1.54) is 4.90 Å². The molecule has 1 saturated heterocycles. The molecule has 1 rings (SSSR count). The fourth-order valence-corrected chi connectivity index (χ4v) is 2.48. The van der Waals surface area contributed by atoms with Gasteiger partial charge in [0.2, 0.25) is 5.91 Å². The van der Waals surface area contributed by atoms with Crippen LogP contribution < -0.4 is 0 Å². The first kappa shape index (κ1) is 15.0. The van der Waals surface area contributed by atoms with E-state index >= 15 is 0 Å². The SMILES string of the molecule is CCC1OCCC1C(=O)N(CC)C(C)(C)C(=O)O. The first-order chi connectivity index (χ1) is 8.36. The van der Waals surface area contributed by atoms with Crippen LogP contribution in [0.4, 0.5) is 0 Å². The van der Waals surface area contributed by atoms with Crippen LogP contribution >= 0.6 is 0 Å². The number of hydrogen-bond donors (Lipinski definition) is 1. The zero-order valence-corrected chi connectivity index (χ0v) is 11.6. The normalized spacial score (nSPS) is 24.0. The predicted octanol–water partition coefficient (Wildman–Crippen LogP) is 1.51. The van der Waals surface area contributed by atoms with Gasteiger partial charge in [-0.25, -0.2) is 4.79 Å². The van der Waals surface area contributed by atoms with Crippen molar-refractivity contribution < 1.29 is 19.4 Å². The van der Waals surface area contributed by atoms with Gasteiger partial charge in [-0.1, -0.05) is 6.92 Å². The molecule has 0 spiro atoms. The van der Waals surface area contributed by atoms with Gasteiger partial charge in [-0.15, -0.1) is 0 Å². The van der Waals surface area contributed by atoms with Crippen molar-refractivity contribution in [3.63, 3.8) is 0 Å². The van der Waals surface area contributed by atoms with Crippen LogP contribution in [0.1, 0.15) is 40.5 Å². The number of carboxylic acid groups (broad SMARTS) is 1. The molecule has 0 aromatic carbocycles. The highest BCUT2D eigenvalue weighted by Gasteiger charge is 2.42. The predicted molar refractivity (Wildman–Crippen MR) is 67.2 cm³/mol. The number of likely N-dealkylation sites (N-methyl/N-ethyl adjacent to an activating group) is 1. The first-order valence-electron chi connectivity index (χ1n) is 6.52. The Kier molecular flexibility index (Phi) is 4.73. The number of hydrogen-bond acceptors (Lipinski definition) is 3. The Morgan fingerprint density at radius 3 is 2.44 bits per heavy atom. The monoisotopic (exact) mass is 257 g/mol. The Morgan fingerprint density at radius 2 is 2.00 bits per heavy atom. The van der Waals surface area contributed by atoms with Crippen LogP contribution in [0.15, 0.2) is 0 Å². The van der Waals surface area contributed by atoms with Gasteiger partial charge in [-0.05, 0) is 33.6 Å². The fourth-order valence-electron chi connectivity index (χ4n) is 2.48. The number of rotatable bonds is 5. The molecule has 1 heterocycles. The Morgan fingerprint density at radius 1 is 1.39 bits per heavy atom. The summed E-state index contributed by atoms with van der Waals surface area (Å²) in [7, 11) is 0. The van der Waals surface area contributed by atoms with Crippen LogP contribution in [0.25, 0.3) is 0 Å². The van der Waals surface area contributed by atoms with Crippen molar-refractivity contribution in [3.8, 4) is 0 Å². The number of aliphatic carboxylic acids is 1. The van der Waals surface area contributed by atoms with Crippen LogP contribution in [0.2, 0.25) is 0 Å². The number of ether oxygens (including phenoxy) is 1. The molecule has 2 unspecified atom stereocenters. The van der Waals surface area contributed by atoms with E-state index in [1.807, 2.05) is 6.92 Å². The summed E-state index contributed by atoms with van der Waals surface area (Å²) in [6.07, 6.45) is 1.39. The molecule has 5 nitrogen and oxygen atoms in total. The second kappa shape index (κ2) is 5.69. The largest absolute Gasteiger partial charge is 0.480 e. The summed E-state index contributed by atoms with van der Waals surface area (Å²) in [5.41, 5.74) is -1.17. The molecular formula is C13H23NO4. The van der Waals surface area contributed by atoms with Crippen LogP contribution in [0.5, 0.6) is 0 Å². The van der Waals surface area contributed by atoms with Gasteiger partial charge >= 0.3 is 5.97 Å². The summed E-state index contributed by atoms with van der Waals surface area (Å²) in [6.45, 7) is 7.89. The summed E-state index contributed by atoms with van der Waals surface area (Å²) < 4.78 is 5.51. The minimum atomic E-state index is -1.17. The van der Waals surface area contributed by atoms with Crippen molar-refractivity contribution in [3.05, 3.63) is 0 Å². The average Bonchev–Trinajstić information content (AvgIpc) is 2.77. The van der Waals surface area contributed by atoms with E-state index in [4.69, 9.17) is 4.74 Å². The smallest absolute Gasteiger partial charge is 0.329 e. The number of nitrogens with zero attached hydrogens (tertiary/aromatic N) is 1. The van der Waals surface area contributed by atoms with E-state index in [-0.39, 0.29) is 17.9 Å². The summed E-state index contributed by atoms with van der Waals surface area (Å²) in [6, 6.07) is 0. The Balaban J connectivity index is 2.89. The number of carboxylic acids is 1. The van der Waals surface area contributed by atoms with Crippen LogP contribution in [-0.2, 0) is 14.3 Å². The Hall–Kier alpha value is -1.10. The molecule has 1 N–H and O–H groups in total. The topological polar surface area (TPSA) is 66.8 Å². The van der Waals surface area contributed by atoms with Gasteiger partial charge in [0.1, 0.15) is 5.54 Å². The third-order valence-corrected chi connectivity index (χ3v) is 3.71. The molecule has 0 aromatic heterocycles. The van der Waals surface area contributed by atoms with E-state index in [0.717, 1.165) is 6.42 Å². The highest BCUT2D eigenvalue weighted by atomic mass is 16.5. The van der Waals surface area contributed by atoms with Crippen molar-refractivity contribution in [1.82, 2.24) is 4.90 Å². The van der Waals surface area contributed by atoms with Gasteiger partial charge in [0.25, 0.3) is 0 Å². The number of carbonyl (C=O) groups is 2. The zero-order valence-electron chi connectivity index (χ0n) is 11.6. The Bertz CT molecular complexity index is 327. The van der Waals surface area contributed by atoms with E-state index < -0.39 is 11.5 Å². The van der Waals surface area contributed by atoms with Crippen LogP contribution in [0, 0.1) is 5.92 Å². The lowest BCUT2D eigenvalue weighted by atomic mass is 9.94. The molecule has 2 atom stereocenters. The highest BCUT2D eigenvalue weighted by molar-refractivity contribution is 5.88. The second-order valence-corrected chi connectivity index (χ2v) is 5.16. The lowest BCUT2D eigenvalue weighted by Gasteiger charge is -2.36. The van der Waals surface area contributed by atoms with Gasteiger partial charge in [0, 0.05) is 13.2 Å². The van der Waals surface area contributed by atoms with Gasteiger partial charge in [0.15, 0.2) is 0 Å². The minimum absolute atomic E-state index is 0.0730. The maximum atomic E-state index is 12.5. The molecule has 0 aliphatic carbocycles. The van der Waals surface area contributed by atoms with E-state index in [9.17, 15) is 14.7 Å². The molecule has 104 valence electrons. The average molecular weight is 257 g/mol. The molecule has 1 fully saturated rings. The van der Waals surface area contributed by atoms with Crippen molar-refractivity contribution >= 4 is 11.9 Å². The van der Waals surface area contributed by atoms with Crippen molar-refractivity contribution in [1.29, 1.82) is 0 Å². The standard InChI is InChI=1S/C13H23NO4/c1-5-10-9(7-8-18-10)11(15)14(6-2)13(3,4)12(16)17/h9-10H,5-8H2,1-4H3,(H,16,17). The third kappa shape index (κ3) is 2.66. The van der Waals surface area contributed by atoms with E-state index in [0.29, 0.717) is 19.6 Å². The summed E-state index contributed by atoms with van der Waals surface area (Å²) in [4.78, 5) is 25.2. The molecule has 1 aliphatic rings. The molecule has 1 aliphatic heterocycles. The van der Waals surface area contributed by atoms with Crippen molar-refractivity contribution in [2.45, 2.75) is 52.2 Å². The maximum absolute atomic E-state index is 12.5. The Labute approximate surface area is 108 Å². The molecule has 5 heteroatoms. The van der Waals surface area contributed by atoms with Gasteiger partial charge in [0.05, 0.1) is 12.0 Å². The van der Waals surface area contributed by atoms with Gasteiger partial charge in [-0.3, -0.25) is 4.79 Å². The van der Waals surface area contributed by atoms with Crippen LogP contribution in [0.3, 0.4) is 0 Å². The molecule has 18 heavy (non-hydrogen) atoms. The second-order valence-electron chi connectivity index (χ2n) is 5.16. The zero-order chi connectivity index (χ0) is 13.9. The van der Waals surface area contributed by atoms with Crippen molar-refractivity contribution in [2.24, 2.45) is 5.92 Å². The molecule has 1 amide bonds. The van der Waals surface area contributed by atoms with Crippen molar-refractivity contribution in [2.75, 3.05) is 13.2 Å². The van der Waals surface area contributed by atoms with Crippen LogP contribution in [-0.4, -0.2) is 46.7 Å². The lowest BCUT2D eigenvalue weighted by Crippen LogP contribution is -2.55. The van der Waals surface area contributed by atoms with Gasteiger partial charge < -0.3 is 14.7 Å². The fraction of sp³-hybridized carbons (Fsp3) is 0.846. The third-order valence-electron chi connectivity index (χ3n) is 3.71. The molecule has 0 aromatic rings. The van der Waals surface area contributed by atoms with Gasteiger partial charge in [-0.2, -0.15) is 0 Å². The molecule has 0 bridgehead atoms. The molecular weight excluding hydrogens is 234 g/mol. The first-order valence-corrected chi connectivity index (χ1v) is 6.52.